The Labute approximate surface area is 107 Å². The van der Waals surface area contributed by atoms with E-state index >= 15 is 0 Å². The number of rotatable bonds is 2. The van der Waals surface area contributed by atoms with Crippen LogP contribution < -0.4 is 5.73 Å². The van der Waals surface area contributed by atoms with Gasteiger partial charge in [-0.1, -0.05) is 6.07 Å². The van der Waals surface area contributed by atoms with E-state index in [1.165, 1.54) is 11.9 Å². The van der Waals surface area contributed by atoms with E-state index in [9.17, 15) is 0 Å². The van der Waals surface area contributed by atoms with Crippen LogP contribution in [0.1, 0.15) is 30.1 Å². The first-order valence-electron chi connectivity index (χ1n) is 6.52. The van der Waals surface area contributed by atoms with Crippen LogP contribution in [0, 0.1) is 0 Å². The summed E-state index contributed by atoms with van der Waals surface area (Å²) in [7, 11) is 2.08. The molecule has 2 N–H and O–H groups in total. The van der Waals surface area contributed by atoms with E-state index in [-0.39, 0.29) is 0 Å². The van der Waals surface area contributed by atoms with Crippen molar-refractivity contribution in [3.05, 3.63) is 29.6 Å². The molecule has 18 heavy (non-hydrogen) atoms. The lowest BCUT2D eigenvalue weighted by atomic mass is 10.0. The maximum atomic E-state index is 5.69. The summed E-state index contributed by atoms with van der Waals surface area (Å²) in [6.45, 7) is 2.25. The molecule has 2 aromatic rings. The summed E-state index contributed by atoms with van der Waals surface area (Å²) >= 11 is 0. The zero-order valence-corrected chi connectivity index (χ0v) is 10.7. The molecule has 96 valence electrons. The molecule has 1 aromatic carbocycles. The maximum absolute atomic E-state index is 5.69. The number of imidazole rings is 1. The quantitative estimate of drug-likeness (QED) is 0.879. The Hall–Kier alpha value is -1.39. The molecule has 0 aliphatic carbocycles. The fourth-order valence-electron chi connectivity index (χ4n) is 2.69. The summed E-state index contributed by atoms with van der Waals surface area (Å²) in [5.74, 6) is 1.57. The maximum Gasteiger partial charge on any atom is 0.115 e. The fraction of sp³-hybridized carbons (Fsp3) is 0.500. The van der Waals surface area contributed by atoms with Gasteiger partial charge in [-0.25, -0.2) is 4.98 Å². The summed E-state index contributed by atoms with van der Waals surface area (Å²) in [6, 6.07) is 6.25. The molecular formula is C14H19N3O. The van der Waals surface area contributed by atoms with Gasteiger partial charge in [0.2, 0.25) is 0 Å². The van der Waals surface area contributed by atoms with Gasteiger partial charge < -0.3 is 15.0 Å². The minimum absolute atomic E-state index is 0.428. The Morgan fingerprint density at radius 3 is 3.11 bits per heavy atom. The first kappa shape index (κ1) is 11.7. The lowest BCUT2D eigenvalue weighted by molar-refractivity contribution is 0.0774. The lowest BCUT2D eigenvalue weighted by Crippen LogP contribution is -2.18. The van der Waals surface area contributed by atoms with Crippen molar-refractivity contribution in [2.45, 2.75) is 25.3 Å². The molecule has 0 saturated carbocycles. The van der Waals surface area contributed by atoms with Gasteiger partial charge in [-0.3, -0.25) is 0 Å². The predicted octanol–water partition coefficient (Wildman–Crippen LogP) is 1.93. The Morgan fingerprint density at radius 1 is 1.50 bits per heavy atom. The van der Waals surface area contributed by atoms with Crippen LogP contribution in [0.5, 0.6) is 0 Å². The number of aromatic nitrogens is 2. The molecule has 1 atom stereocenters. The molecule has 4 nitrogen and oxygen atoms in total. The zero-order valence-electron chi connectivity index (χ0n) is 10.7. The van der Waals surface area contributed by atoms with Crippen molar-refractivity contribution in [3.63, 3.8) is 0 Å². The van der Waals surface area contributed by atoms with E-state index in [1.807, 2.05) is 0 Å². The lowest BCUT2D eigenvalue weighted by Gasteiger charge is -2.21. The Bertz CT molecular complexity index is 555. The number of nitrogens with two attached hydrogens (primary N) is 1. The summed E-state index contributed by atoms with van der Waals surface area (Å²) < 4.78 is 7.75. The fourth-order valence-corrected chi connectivity index (χ4v) is 2.69. The largest absolute Gasteiger partial charge is 0.381 e. The predicted molar refractivity (Wildman–Crippen MR) is 71.4 cm³/mol. The summed E-state index contributed by atoms with van der Waals surface area (Å²) in [5.41, 5.74) is 9.06. The van der Waals surface area contributed by atoms with Gasteiger partial charge in [0.05, 0.1) is 17.6 Å². The van der Waals surface area contributed by atoms with Crippen LogP contribution in [0.2, 0.25) is 0 Å². The molecular weight excluding hydrogens is 226 g/mol. The van der Waals surface area contributed by atoms with Gasteiger partial charge in [0.1, 0.15) is 5.82 Å². The van der Waals surface area contributed by atoms with E-state index in [2.05, 4.69) is 29.8 Å². The Morgan fingerprint density at radius 2 is 2.39 bits per heavy atom. The van der Waals surface area contributed by atoms with Gasteiger partial charge in [0.25, 0.3) is 0 Å². The van der Waals surface area contributed by atoms with Crippen molar-refractivity contribution in [1.29, 1.82) is 0 Å². The summed E-state index contributed by atoms with van der Waals surface area (Å²) in [4.78, 5) is 4.75. The van der Waals surface area contributed by atoms with E-state index < -0.39 is 0 Å². The SMILES string of the molecule is Cn1c(C2CCCOC2)nc2ccc(CN)cc21. The Balaban J connectivity index is 2.04. The van der Waals surface area contributed by atoms with Crippen molar-refractivity contribution >= 4 is 11.0 Å². The average Bonchev–Trinajstić information content (AvgIpc) is 2.77. The van der Waals surface area contributed by atoms with Crippen LogP contribution in [-0.4, -0.2) is 22.8 Å². The van der Waals surface area contributed by atoms with E-state index in [0.717, 1.165) is 36.5 Å². The Kier molecular flexibility index (Phi) is 3.06. The monoisotopic (exact) mass is 245 g/mol. The second kappa shape index (κ2) is 4.71. The van der Waals surface area contributed by atoms with Crippen molar-refractivity contribution in [2.24, 2.45) is 12.8 Å². The van der Waals surface area contributed by atoms with Crippen LogP contribution in [-0.2, 0) is 18.3 Å². The molecule has 4 heteroatoms. The number of hydrogen-bond acceptors (Lipinski definition) is 3. The minimum Gasteiger partial charge on any atom is -0.381 e. The van der Waals surface area contributed by atoms with Gasteiger partial charge in [-0.2, -0.15) is 0 Å². The normalized spacial score (nSPS) is 20.4. The summed E-state index contributed by atoms with van der Waals surface area (Å²) in [6.07, 6.45) is 2.29. The van der Waals surface area contributed by atoms with E-state index in [1.54, 1.807) is 0 Å². The highest BCUT2D eigenvalue weighted by Crippen LogP contribution is 2.27. The number of aryl methyl sites for hydroxylation is 1. The molecule has 0 radical (unpaired) electrons. The van der Waals surface area contributed by atoms with Crippen LogP contribution in [0.3, 0.4) is 0 Å². The molecule has 0 bridgehead atoms. The molecule has 1 aliphatic heterocycles. The van der Waals surface area contributed by atoms with Crippen LogP contribution in [0.4, 0.5) is 0 Å². The highest BCUT2D eigenvalue weighted by atomic mass is 16.5. The van der Waals surface area contributed by atoms with Crippen LogP contribution >= 0.6 is 0 Å². The van der Waals surface area contributed by atoms with E-state index in [0.29, 0.717) is 12.5 Å². The molecule has 1 fully saturated rings. The number of hydrogen-bond donors (Lipinski definition) is 1. The number of ether oxygens (including phenoxy) is 1. The van der Waals surface area contributed by atoms with Crippen LogP contribution in [0.15, 0.2) is 18.2 Å². The minimum atomic E-state index is 0.428. The van der Waals surface area contributed by atoms with Crippen molar-refractivity contribution < 1.29 is 4.74 Å². The molecule has 1 unspecified atom stereocenters. The van der Waals surface area contributed by atoms with Gasteiger partial charge in [0, 0.05) is 26.1 Å². The van der Waals surface area contributed by atoms with Gasteiger partial charge >= 0.3 is 0 Å². The smallest absolute Gasteiger partial charge is 0.115 e. The standard InChI is InChI=1S/C14H19N3O/c1-17-13-7-10(8-15)4-5-12(13)16-14(17)11-3-2-6-18-9-11/h4-5,7,11H,2-3,6,8-9,15H2,1H3. The highest BCUT2D eigenvalue weighted by Gasteiger charge is 2.21. The summed E-state index contributed by atoms with van der Waals surface area (Å²) in [5, 5.41) is 0. The van der Waals surface area contributed by atoms with Gasteiger partial charge in [-0.15, -0.1) is 0 Å². The van der Waals surface area contributed by atoms with Gasteiger partial charge in [-0.05, 0) is 30.5 Å². The van der Waals surface area contributed by atoms with Crippen molar-refractivity contribution in [3.8, 4) is 0 Å². The number of nitrogens with zero attached hydrogens (tertiary/aromatic N) is 2. The first-order chi connectivity index (χ1) is 8.79. The third-order valence-electron chi connectivity index (χ3n) is 3.74. The van der Waals surface area contributed by atoms with Crippen molar-refractivity contribution in [1.82, 2.24) is 9.55 Å². The third-order valence-corrected chi connectivity index (χ3v) is 3.74. The topological polar surface area (TPSA) is 53.1 Å². The molecule has 1 saturated heterocycles. The molecule has 3 rings (SSSR count). The molecule has 1 aliphatic rings. The first-order valence-corrected chi connectivity index (χ1v) is 6.52. The molecule has 2 heterocycles. The third kappa shape index (κ3) is 1.91. The second-order valence-corrected chi connectivity index (χ2v) is 4.97. The average molecular weight is 245 g/mol. The van der Waals surface area contributed by atoms with Crippen molar-refractivity contribution in [2.75, 3.05) is 13.2 Å². The molecule has 1 aromatic heterocycles. The second-order valence-electron chi connectivity index (χ2n) is 4.97. The van der Waals surface area contributed by atoms with Gasteiger partial charge in [0.15, 0.2) is 0 Å². The number of fused-ring (bicyclic) bond motifs is 1. The zero-order chi connectivity index (χ0) is 12.5. The number of benzene rings is 1. The van der Waals surface area contributed by atoms with E-state index in [4.69, 9.17) is 15.5 Å². The highest BCUT2D eigenvalue weighted by molar-refractivity contribution is 5.77. The molecule has 0 spiro atoms. The molecule has 0 amide bonds. The van der Waals surface area contributed by atoms with Crippen LogP contribution in [0.25, 0.3) is 11.0 Å².